The molecule has 0 unspecified atom stereocenters. The molecule has 0 aromatic carbocycles. The Kier molecular flexibility index (Phi) is 4.86. The van der Waals surface area contributed by atoms with Gasteiger partial charge in [-0.1, -0.05) is 6.92 Å². The molecule has 1 aliphatic rings. The number of aliphatic hydroxyl groups excluding tert-OH is 1. The minimum Gasteiger partial charge on any atom is -0.392 e. The lowest BCUT2D eigenvalue weighted by atomic mass is 10.2. The van der Waals surface area contributed by atoms with Crippen molar-refractivity contribution in [2.24, 2.45) is 0 Å². The molecular weight excluding hydrogens is 258 g/mol. The number of aromatic nitrogens is 2. The minimum absolute atomic E-state index is 0.168. The summed E-state index contributed by atoms with van der Waals surface area (Å²) in [6.45, 7) is 5.36. The van der Waals surface area contributed by atoms with Crippen molar-refractivity contribution in [2.45, 2.75) is 19.4 Å². The van der Waals surface area contributed by atoms with Gasteiger partial charge < -0.3 is 15.7 Å². The molecular formula is C13H21N5O2. The first-order valence-electron chi connectivity index (χ1n) is 6.88. The predicted octanol–water partition coefficient (Wildman–Crippen LogP) is -0.412. The lowest BCUT2D eigenvalue weighted by molar-refractivity contribution is 0.0520. The molecule has 0 saturated carbocycles. The second kappa shape index (κ2) is 6.62. The van der Waals surface area contributed by atoms with Crippen molar-refractivity contribution in [1.82, 2.24) is 19.8 Å². The molecule has 7 nitrogen and oxygen atoms in total. The Morgan fingerprint density at radius 2 is 2.00 bits per heavy atom. The molecule has 1 aliphatic heterocycles. The van der Waals surface area contributed by atoms with E-state index in [1.54, 1.807) is 4.90 Å². The minimum atomic E-state index is -0.298. The zero-order valence-electron chi connectivity index (χ0n) is 11.7. The monoisotopic (exact) mass is 279 g/mol. The number of piperazine rings is 1. The van der Waals surface area contributed by atoms with Crippen molar-refractivity contribution >= 4 is 11.7 Å². The number of hydrogen-bond acceptors (Lipinski definition) is 6. The third kappa shape index (κ3) is 3.43. The third-order valence-electron chi connectivity index (χ3n) is 3.53. The number of aliphatic hydroxyl groups is 1. The fourth-order valence-electron chi connectivity index (χ4n) is 2.22. The molecule has 110 valence electrons. The van der Waals surface area contributed by atoms with Crippen LogP contribution in [0.3, 0.4) is 0 Å². The molecule has 0 bridgehead atoms. The van der Waals surface area contributed by atoms with Gasteiger partial charge in [-0.2, -0.15) is 0 Å². The van der Waals surface area contributed by atoms with Crippen LogP contribution in [-0.2, 0) is 0 Å². The van der Waals surface area contributed by atoms with Gasteiger partial charge >= 0.3 is 0 Å². The van der Waals surface area contributed by atoms with Crippen molar-refractivity contribution in [2.75, 3.05) is 38.5 Å². The van der Waals surface area contributed by atoms with Gasteiger partial charge in [0.2, 0.25) is 0 Å². The number of β-amino-alcohol motifs (C(OH)–C–C–N with tert-alkyl or cyclic N) is 1. The van der Waals surface area contributed by atoms with E-state index in [9.17, 15) is 9.90 Å². The average Bonchev–Trinajstić information content (AvgIpc) is 2.47. The number of anilines is 1. The van der Waals surface area contributed by atoms with E-state index in [2.05, 4.69) is 14.9 Å². The highest BCUT2D eigenvalue weighted by atomic mass is 16.3. The van der Waals surface area contributed by atoms with Crippen molar-refractivity contribution in [3.05, 3.63) is 18.1 Å². The molecule has 7 heteroatoms. The summed E-state index contributed by atoms with van der Waals surface area (Å²) in [5.74, 6) is -0.00683. The Bertz CT molecular complexity index is 460. The van der Waals surface area contributed by atoms with Crippen molar-refractivity contribution in [1.29, 1.82) is 0 Å². The van der Waals surface area contributed by atoms with Crippen molar-refractivity contribution in [3.63, 3.8) is 0 Å². The number of amides is 1. The van der Waals surface area contributed by atoms with Crippen LogP contribution in [0.5, 0.6) is 0 Å². The van der Waals surface area contributed by atoms with E-state index in [-0.39, 0.29) is 23.5 Å². The number of carbonyl (C=O) groups is 1. The zero-order chi connectivity index (χ0) is 14.5. The summed E-state index contributed by atoms with van der Waals surface area (Å²) in [5, 5.41) is 9.64. The van der Waals surface area contributed by atoms with E-state index < -0.39 is 0 Å². The molecule has 1 fully saturated rings. The average molecular weight is 279 g/mol. The first-order chi connectivity index (χ1) is 9.61. The van der Waals surface area contributed by atoms with Gasteiger partial charge in [-0.05, 0) is 6.42 Å². The molecule has 0 radical (unpaired) electrons. The molecule has 1 aromatic heterocycles. The predicted molar refractivity (Wildman–Crippen MR) is 75.1 cm³/mol. The molecule has 0 spiro atoms. The van der Waals surface area contributed by atoms with Crippen LogP contribution in [0.2, 0.25) is 0 Å². The van der Waals surface area contributed by atoms with E-state index in [4.69, 9.17) is 5.73 Å². The van der Waals surface area contributed by atoms with Crippen LogP contribution in [0.4, 0.5) is 5.82 Å². The first kappa shape index (κ1) is 14.7. The number of nitrogen functional groups attached to an aromatic ring is 1. The summed E-state index contributed by atoms with van der Waals surface area (Å²) in [4.78, 5) is 24.1. The molecule has 1 atom stereocenters. The van der Waals surface area contributed by atoms with Crippen LogP contribution >= 0.6 is 0 Å². The van der Waals surface area contributed by atoms with Gasteiger partial charge in [-0.15, -0.1) is 0 Å². The highest BCUT2D eigenvalue weighted by molar-refractivity contribution is 5.96. The first-order valence-corrected chi connectivity index (χ1v) is 6.88. The molecule has 0 aliphatic carbocycles. The van der Waals surface area contributed by atoms with Crippen LogP contribution in [0, 0.1) is 0 Å². The SMILES string of the molecule is CC[C@@H](O)CN1CCN(C(=O)c2nccnc2N)CC1. The van der Waals surface area contributed by atoms with Crippen molar-refractivity contribution in [3.8, 4) is 0 Å². The summed E-state index contributed by atoms with van der Waals surface area (Å²) in [6.07, 6.45) is 3.39. The van der Waals surface area contributed by atoms with Crippen LogP contribution in [0.25, 0.3) is 0 Å². The summed E-state index contributed by atoms with van der Waals surface area (Å²) in [7, 11) is 0. The van der Waals surface area contributed by atoms with Crippen LogP contribution in [-0.4, -0.2) is 69.6 Å². The number of carbonyl (C=O) groups excluding carboxylic acids is 1. The van der Waals surface area contributed by atoms with Gasteiger partial charge in [-0.25, -0.2) is 9.97 Å². The van der Waals surface area contributed by atoms with Crippen LogP contribution < -0.4 is 5.73 Å². The topological polar surface area (TPSA) is 95.6 Å². The summed E-state index contributed by atoms with van der Waals surface area (Å²) in [6, 6.07) is 0. The number of nitrogens with zero attached hydrogens (tertiary/aromatic N) is 4. The molecule has 20 heavy (non-hydrogen) atoms. The lowest BCUT2D eigenvalue weighted by Gasteiger charge is -2.35. The van der Waals surface area contributed by atoms with Gasteiger partial charge in [0.15, 0.2) is 11.5 Å². The number of hydrogen-bond donors (Lipinski definition) is 2. The van der Waals surface area contributed by atoms with Crippen LogP contribution in [0.1, 0.15) is 23.8 Å². The molecule has 3 N–H and O–H groups in total. The van der Waals surface area contributed by atoms with E-state index in [0.717, 1.165) is 19.5 Å². The van der Waals surface area contributed by atoms with Gasteiger partial charge in [0.25, 0.3) is 5.91 Å². The normalized spacial score (nSPS) is 18.0. The maximum Gasteiger partial charge on any atom is 0.276 e. The second-order valence-corrected chi connectivity index (χ2v) is 4.95. The van der Waals surface area contributed by atoms with E-state index in [0.29, 0.717) is 19.6 Å². The third-order valence-corrected chi connectivity index (χ3v) is 3.53. The fraction of sp³-hybridized carbons (Fsp3) is 0.615. The Morgan fingerprint density at radius 3 is 2.60 bits per heavy atom. The quantitative estimate of drug-likeness (QED) is 0.778. The Balaban J connectivity index is 1.91. The van der Waals surface area contributed by atoms with Crippen LogP contribution in [0.15, 0.2) is 12.4 Å². The van der Waals surface area contributed by atoms with Gasteiger partial charge in [-0.3, -0.25) is 9.69 Å². The van der Waals surface area contributed by atoms with Gasteiger partial charge in [0.1, 0.15) is 0 Å². The number of rotatable bonds is 4. The molecule has 2 heterocycles. The standard InChI is InChI=1S/C13H21N5O2/c1-2-10(19)9-17-5-7-18(8-6-17)13(20)11-12(14)16-4-3-15-11/h3-4,10,19H,2,5-9H2,1H3,(H2,14,16)/t10-/m1/s1. The summed E-state index contributed by atoms with van der Waals surface area (Å²) in [5.41, 5.74) is 5.89. The fourth-order valence-corrected chi connectivity index (χ4v) is 2.22. The maximum atomic E-state index is 12.3. The van der Waals surface area contributed by atoms with Crippen molar-refractivity contribution < 1.29 is 9.90 Å². The Hall–Kier alpha value is -1.73. The largest absolute Gasteiger partial charge is 0.392 e. The van der Waals surface area contributed by atoms with Gasteiger partial charge in [0, 0.05) is 45.1 Å². The molecule has 1 amide bonds. The molecule has 2 rings (SSSR count). The zero-order valence-corrected chi connectivity index (χ0v) is 11.7. The van der Waals surface area contributed by atoms with E-state index in [1.807, 2.05) is 6.92 Å². The van der Waals surface area contributed by atoms with E-state index in [1.165, 1.54) is 12.4 Å². The Labute approximate surface area is 118 Å². The highest BCUT2D eigenvalue weighted by Crippen LogP contribution is 2.11. The summed E-state index contributed by atoms with van der Waals surface area (Å²) >= 11 is 0. The summed E-state index contributed by atoms with van der Waals surface area (Å²) < 4.78 is 0. The second-order valence-electron chi connectivity index (χ2n) is 4.95. The van der Waals surface area contributed by atoms with Gasteiger partial charge in [0.05, 0.1) is 6.10 Å². The Morgan fingerprint density at radius 1 is 1.35 bits per heavy atom. The highest BCUT2D eigenvalue weighted by Gasteiger charge is 2.25. The maximum absolute atomic E-state index is 12.3. The molecule has 1 saturated heterocycles. The lowest BCUT2D eigenvalue weighted by Crippen LogP contribution is -2.50. The molecule has 1 aromatic rings. The van der Waals surface area contributed by atoms with E-state index >= 15 is 0 Å². The smallest absolute Gasteiger partial charge is 0.276 e. The number of nitrogens with two attached hydrogens (primary N) is 1.